The number of carbonyl (C=O) groups is 1. The van der Waals surface area contributed by atoms with Gasteiger partial charge >= 0.3 is 6.09 Å². The highest BCUT2D eigenvalue weighted by atomic mass is 32.2. The average Bonchev–Trinajstić information content (AvgIpc) is 2.88. The SMILES string of the molecule is CCOC(=O)NS(C)(=O)=Cc1cccc(Nc2ncnc(-c3ccccc3OCc3ccc(F)cc3)n2)c1. The summed E-state index contributed by atoms with van der Waals surface area (Å²) >= 11 is 0. The van der Waals surface area contributed by atoms with Crippen LogP contribution >= 0.6 is 0 Å². The summed E-state index contributed by atoms with van der Waals surface area (Å²) in [5, 5.41) is 4.58. The fraction of sp³-hybridized carbons (Fsp3) is 0.148. The minimum absolute atomic E-state index is 0.180. The third-order valence-corrected chi connectivity index (χ3v) is 6.37. The van der Waals surface area contributed by atoms with Gasteiger partial charge in [0.2, 0.25) is 5.95 Å². The van der Waals surface area contributed by atoms with Gasteiger partial charge in [0, 0.05) is 17.3 Å². The summed E-state index contributed by atoms with van der Waals surface area (Å²) in [4.78, 5) is 24.7. The summed E-state index contributed by atoms with van der Waals surface area (Å²) < 4.78 is 39.1. The quantitative estimate of drug-likeness (QED) is 0.296. The number of nitrogens with one attached hydrogen (secondary N) is 2. The van der Waals surface area contributed by atoms with Crippen molar-refractivity contribution in [1.29, 1.82) is 0 Å². The molecule has 9 nitrogen and oxygen atoms in total. The molecule has 0 aliphatic rings. The fourth-order valence-electron chi connectivity index (χ4n) is 3.44. The van der Waals surface area contributed by atoms with Crippen LogP contribution < -0.4 is 14.8 Å². The van der Waals surface area contributed by atoms with Crippen molar-refractivity contribution in [3.8, 4) is 17.1 Å². The first-order chi connectivity index (χ1) is 18.3. The summed E-state index contributed by atoms with van der Waals surface area (Å²) in [6.45, 7) is 2.10. The van der Waals surface area contributed by atoms with E-state index in [9.17, 15) is 13.4 Å². The topological polar surface area (TPSA) is 115 Å². The number of rotatable bonds is 9. The number of carbonyl (C=O) groups excluding carboxylic acids is 1. The minimum atomic E-state index is -2.82. The van der Waals surface area contributed by atoms with Crippen LogP contribution in [0.3, 0.4) is 0 Å². The highest BCUT2D eigenvalue weighted by molar-refractivity contribution is 7.99. The van der Waals surface area contributed by atoms with Crippen molar-refractivity contribution in [2.75, 3.05) is 18.2 Å². The van der Waals surface area contributed by atoms with E-state index < -0.39 is 15.8 Å². The summed E-state index contributed by atoms with van der Waals surface area (Å²) in [5.41, 5.74) is 2.75. The van der Waals surface area contributed by atoms with Crippen molar-refractivity contribution in [2.24, 2.45) is 0 Å². The van der Waals surface area contributed by atoms with Crippen LogP contribution in [0.1, 0.15) is 18.1 Å². The molecule has 0 bridgehead atoms. The molecular weight excluding hydrogens is 509 g/mol. The summed E-state index contributed by atoms with van der Waals surface area (Å²) in [6.07, 6.45) is 2.06. The molecule has 1 amide bonds. The lowest BCUT2D eigenvalue weighted by molar-refractivity contribution is 0.159. The Kier molecular flexibility index (Phi) is 8.49. The number of aromatic nitrogens is 3. The highest BCUT2D eigenvalue weighted by Gasteiger charge is 2.12. The molecule has 0 saturated heterocycles. The van der Waals surface area contributed by atoms with Crippen molar-refractivity contribution in [3.05, 3.63) is 96.1 Å². The van der Waals surface area contributed by atoms with Crippen molar-refractivity contribution >= 4 is 32.8 Å². The smallest absolute Gasteiger partial charge is 0.418 e. The van der Waals surface area contributed by atoms with E-state index in [1.807, 2.05) is 24.3 Å². The van der Waals surface area contributed by atoms with Crippen LogP contribution in [0.25, 0.3) is 11.4 Å². The summed E-state index contributed by atoms with van der Waals surface area (Å²) in [6, 6.07) is 20.5. The van der Waals surface area contributed by atoms with Gasteiger partial charge in [-0.15, -0.1) is 0 Å². The zero-order valence-corrected chi connectivity index (χ0v) is 21.6. The fourth-order valence-corrected chi connectivity index (χ4v) is 4.55. The first kappa shape index (κ1) is 26.6. The van der Waals surface area contributed by atoms with E-state index in [0.717, 1.165) is 5.56 Å². The number of nitrogens with zero attached hydrogens (tertiary/aromatic N) is 3. The van der Waals surface area contributed by atoms with Gasteiger partial charge in [-0.3, -0.25) is 0 Å². The highest BCUT2D eigenvalue weighted by Crippen LogP contribution is 2.28. The van der Waals surface area contributed by atoms with E-state index in [4.69, 9.17) is 9.47 Å². The van der Waals surface area contributed by atoms with Crippen molar-refractivity contribution < 1.29 is 22.9 Å². The lowest BCUT2D eigenvalue weighted by Crippen LogP contribution is -2.31. The van der Waals surface area contributed by atoms with E-state index in [1.165, 1.54) is 30.1 Å². The predicted octanol–water partition coefficient (Wildman–Crippen LogP) is 4.73. The van der Waals surface area contributed by atoms with Gasteiger partial charge in [-0.1, -0.05) is 36.4 Å². The molecule has 196 valence electrons. The Labute approximate surface area is 220 Å². The number of ether oxygens (including phenoxy) is 2. The van der Waals surface area contributed by atoms with Gasteiger partial charge in [-0.2, -0.15) is 4.98 Å². The van der Waals surface area contributed by atoms with Crippen LogP contribution in [0.5, 0.6) is 5.75 Å². The Bertz CT molecular complexity index is 1540. The Morgan fingerprint density at radius 1 is 1.05 bits per heavy atom. The molecule has 0 spiro atoms. The van der Waals surface area contributed by atoms with E-state index >= 15 is 0 Å². The van der Waals surface area contributed by atoms with Crippen LogP contribution in [0.4, 0.5) is 20.8 Å². The van der Waals surface area contributed by atoms with Crippen molar-refractivity contribution in [3.63, 3.8) is 0 Å². The Hall–Kier alpha value is -4.51. The molecule has 4 aromatic rings. The van der Waals surface area contributed by atoms with Crippen LogP contribution in [-0.2, 0) is 21.1 Å². The second-order valence-corrected chi connectivity index (χ2v) is 10.4. The molecular formula is C27H26FN5O4S. The van der Waals surface area contributed by atoms with Crippen molar-refractivity contribution in [1.82, 2.24) is 19.7 Å². The zero-order chi connectivity index (χ0) is 27.0. The molecule has 3 aromatic carbocycles. The van der Waals surface area contributed by atoms with E-state index in [-0.39, 0.29) is 19.0 Å². The lowest BCUT2D eigenvalue weighted by Gasteiger charge is -2.12. The van der Waals surface area contributed by atoms with Gasteiger partial charge in [-0.05, 0) is 54.4 Å². The Morgan fingerprint density at radius 3 is 2.63 bits per heavy atom. The number of hydrogen-bond acceptors (Lipinski definition) is 8. The molecule has 4 rings (SSSR count). The number of halogens is 1. The maximum absolute atomic E-state index is 13.2. The molecule has 0 aliphatic carbocycles. The van der Waals surface area contributed by atoms with E-state index in [1.54, 1.807) is 43.3 Å². The van der Waals surface area contributed by atoms with Gasteiger partial charge in [0.05, 0.1) is 21.9 Å². The maximum atomic E-state index is 13.2. The van der Waals surface area contributed by atoms with Crippen molar-refractivity contribution in [2.45, 2.75) is 13.5 Å². The normalized spacial score (nSPS) is 12.2. The van der Waals surface area contributed by atoms with Crippen LogP contribution in [0, 0.1) is 5.82 Å². The van der Waals surface area contributed by atoms with Gasteiger partial charge in [-0.25, -0.2) is 28.1 Å². The molecule has 1 heterocycles. The predicted molar refractivity (Wildman–Crippen MR) is 145 cm³/mol. The minimum Gasteiger partial charge on any atom is -0.488 e. The molecule has 1 unspecified atom stereocenters. The van der Waals surface area contributed by atoms with Gasteiger partial charge in [0.15, 0.2) is 5.82 Å². The maximum Gasteiger partial charge on any atom is 0.418 e. The lowest BCUT2D eigenvalue weighted by atomic mass is 10.2. The number of para-hydroxylation sites is 1. The first-order valence-electron chi connectivity index (χ1n) is 11.6. The second-order valence-electron chi connectivity index (χ2n) is 8.14. The zero-order valence-electron chi connectivity index (χ0n) is 20.8. The molecule has 2 N–H and O–H groups in total. The van der Waals surface area contributed by atoms with Gasteiger partial charge in [0.25, 0.3) is 0 Å². The standard InChI is InChI=1S/C27H26FN5O4S/c1-3-36-27(34)33-38(2,35)17-20-7-6-8-22(15-20)31-26-30-18-29-25(32-26)23-9-4-5-10-24(23)37-16-19-11-13-21(28)14-12-19/h4-15,17-18H,3,16H2,1-2H3,(H,33,34,35)(H,29,30,31,32). The largest absolute Gasteiger partial charge is 0.488 e. The molecule has 1 atom stereocenters. The number of hydrogen-bond donors (Lipinski definition) is 2. The molecule has 0 radical (unpaired) electrons. The second kappa shape index (κ2) is 12.2. The third kappa shape index (κ3) is 7.50. The van der Waals surface area contributed by atoms with Gasteiger partial charge < -0.3 is 14.8 Å². The van der Waals surface area contributed by atoms with E-state index in [0.29, 0.717) is 34.3 Å². The summed E-state index contributed by atoms with van der Waals surface area (Å²) in [5.74, 6) is 0.953. The molecule has 0 saturated carbocycles. The van der Waals surface area contributed by atoms with Gasteiger partial charge in [0.1, 0.15) is 24.5 Å². The molecule has 11 heteroatoms. The van der Waals surface area contributed by atoms with E-state index in [2.05, 4.69) is 25.0 Å². The molecule has 38 heavy (non-hydrogen) atoms. The number of benzene rings is 3. The van der Waals surface area contributed by atoms with Crippen LogP contribution in [-0.4, -0.2) is 43.5 Å². The van der Waals surface area contributed by atoms with Crippen LogP contribution in [0.2, 0.25) is 0 Å². The number of anilines is 2. The third-order valence-electron chi connectivity index (χ3n) is 5.07. The average molecular weight is 536 g/mol. The summed E-state index contributed by atoms with van der Waals surface area (Å²) in [7, 11) is -2.82. The monoisotopic (exact) mass is 535 g/mol. The molecule has 1 aromatic heterocycles. The molecule has 0 aliphatic heterocycles. The Balaban J connectivity index is 1.51. The number of amides is 1. The first-order valence-corrected chi connectivity index (χ1v) is 13.7. The van der Waals surface area contributed by atoms with Crippen LogP contribution in [0.15, 0.2) is 79.1 Å². The molecule has 0 fully saturated rings. The Morgan fingerprint density at radius 2 is 1.84 bits per heavy atom.